The summed E-state index contributed by atoms with van der Waals surface area (Å²) in [4.78, 5) is 2.39. The zero-order valence-corrected chi connectivity index (χ0v) is 19.6. The van der Waals surface area contributed by atoms with Gasteiger partial charge in [0.2, 0.25) is 0 Å². The van der Waals surface area contributed by atoms with E-state index in [-0.39, 0.29) is 6.10 Å². The van der Waals surface area contributed by atoms with Gasteiger partial charge in [0.1, 0.15) is 0 Å². The zero-order valence-electron chi connectivity index (χ0n) is 19.6. The number of rotatable bonds is 10. The number of nitrogens with zero attached hydrogens (tertiary/aromatic N) is 1. The van der Waals surface area contributed by atoms with E-state index < -0.39 is 0 Å². The van der Waals surface area contributed by atoms with Crippen molar-refractivity contribution in [2.24, 2.45) is 0 Å². The predicted octanol–water partition coefficient (Wildman–Crippen LogP) is 3.15. The van der Waals surface area contributed by atoms with E-state index in [2.05, 4.69) is 11.8 Å². The molecule has 0 aliphatic carbocycles. The largest absolute Gasteiger partial charge is 0.380 e. The molecule has 0 spiro atoms. The van der Waals surface area contributed by atoms with Crippen LogP contribution >= 0.6 is 0 Å². The molecule has 7 heteroatoms. The average Bonchev–Trinajstić information content (AvgIpc) is 2.76. The van der Waals surface area contributed by atoms with Crippen LogP contribution in [0.2, 0.25) is 0 Å². The van der Waals surface area contributed by atoms with E-state index in [4.69, 9.17) is 28.4 Å². The lowest BCUT2D eigenvalue weighted by molar-refractivity contribution is -0.0227. The third-order valence-electron chi connectivity index (χ3n) is 5.27. The summed E-state index contributed by atoms with van der Waals surface area (Å²) in [5, 5.41) is 0. The predicted molar refractivity (Wildman–Crippen MR) is 119 cm³/mol. The van der Waals surface area contributed by atoms with Gasteiger partial charge in [0.05, 0.1) is 72.2 Å². The summed E-state index contributed by atoms with van der Waals surface area (Å²) in [5.41, 5.74) is 0. The van der Waals surface area contributed by atoms with Crippen LogP contribution in [0, 0.1) is 0 Å². The Balaban J connectivity index is 2.32. The van der Waals surface area contributed by atoms with Gasteiger partial charge < -0.3 is 28.4 Å². The van der Waals surface area contributed by atoms with Crippen molar-refractivity contribution in [3.8, 4) is 0 Å². The van der Waals surface area contributed by atoms with Crippen LogP contribution in [0.1, 0.15) is 51.9 Å². The molecule has 1 saturated heterocycles. The second kappa shape index (κ2) is 21.9. The summed E-state index contributed by atoms with van der Waals surface area (Å²) in [6.45, 7) is 11.1. The standard InChI is InChI=1S/C23H47NO6/c1-3-4-5-6-7-8-9-23(25-2)22-24-10-12-26-14-16-28-18-20-30-21-19-29-17-15-27-13-11-24/h23H,3-22H2,1-2H3. The number of hydrogen-bond acceptors (Lipinski definition) is 7. The second-order valence-corrected chi connectivity index (χ2v) is 7.78. The maximum absolute atomic E-state index is 5.77. The van der Waals surface area contributed by atoms with Gasteiger partial charge in [-0.2, -0.15) is 0 Å². The van der Waals surface area contributed by atoms with Gasteiger partial charge >= 0.3 is 0 Å². The van der Waals surface area contributed by atoms with Crippen molar-refractivity contribution >= 4 is 0 Å². The Morgan fingerprint density at radius 2 is 1.07 bits per heavy atom. The molecule has 1 unspecified atom stereocenters. The normalized spacial score (nSPS) is 21.0. The van der Waals surface area contributed by atoms with Gasteiger partial charge in [0, 0.05) is 26.7 Å². The Labute approximate surface area is 184 Å². The summed E-state index contributed by atoms with van der Waals surface area (Å²) in [6.07, 6.45) is 9.27. The van der Waals surface area contributed by atoms with Crippen molar-refractivity contribution < 1.29 is 28.4 Å². The van der Waals surface area contributed by atoms with E-state index in [9.17, 15) is 0 Å². The minimum Gasteiger partial charge on any atom is -0.380 e. The Morgan fingerprint density at radius 3 is 1.53 bits per heavy atom. The number of hydrogen-bond donors (Lipinski definition) is 0. The fourth-order valence-corrected chi connectivity index (χ4v) is 3.39. The van der Waals surface area contributed by atoms with E-state index in [0.29, 0.717) is 66.1 Å². The van der Waals surface area contributed by atoms with Gasteiger partial charge in [-0.05, 0) is 6.42 Å². The van der Waals surface area contributed by atoms with E-state index in [1.165, 1.54) is 38.5 Å². The number of unbranched alkanes of at least 4 members (excludes halogenated alkanes) is 5. The molecule has 0 saturated carbocycles. The van der Waals surface area contributed by atoms with Gasteiger partial charge in [-0.15, -0.1) is 0 Å². The van der Waals surface area contributed by atoms with E-state index in [1.807, 2.05) is 7.11 Å². The van der Waals surface area contributed by atoms with Crippen LogP contribution < -0.4 is 0 Å². The molecular formula is C23H47NO6. The van der Waals surface area contributed by atoms with Crippen LogP contribution in [0.3, 0.4) is 0 Å². The fourth-order valence-electron chi connectivity index (χ4n) is 3.39. The highest BCUT2D eigenvalue weighted by Gasteiger charge is 2.14. The third-order valence-corrected chi connectivity index (χ3v) is 5.27. The van der Waals surface area contributed by atoms with Crippen molar-refractivity contribution in [3.05, 3.63) is 0 Å². The van der Waals surface area contributed by atoms with Gasteiger partial charge in [-0.25, -0.2) is 0 Å². The summed E-state index contributed by atoms with van der Waals surface area (Å²) >= 11 is 0. The zero-order chi connectivity index (χ0) is 21.5. The van der Waals surface area contributed by atoms with Crippen molar-refractivity contribution in [1.29, 1.82) is 0 Å². The minimum absolute atomic E-state index is 0.265. The molecule has 1 atom stereocenters. The average molecular weight is 434 g/mol. The molecule has 1 heterocycles. The Kier molecular flexibility index (Phi) is 20.3. The van der Waals surface area contributed by atoms with Gasteiger partial charge in [0.15, 0.2) is 0 Å². The molecule has 0 aromatic rings. The van der Waals surface area contributed by atoms with Crippen LogP contribution in [-0.2, 0) is 28.4 Å². The Morgan fingerprint density at radius 1 is 0.633 bits per heavy atom. The van der Waals surface area contributed by atoms with E-state index in [0.717, 1.165) is 26.1 Å². The Bertz CT molecular complexity index is 330. The molecule has 1 aliphatic heterocycles. The summed E-state index contributed by atoms with van der Waals surface area (Å²) < 4.78 is 33.8. The van der Waals surface area contributed by atoms with Crippen LogP contribution in [-0.4, -0.2) is 104 Å². The van der Waals surface area contributed by atoms with Crippen molar-refractivity contribution in [2.75, 3.05) is 92.8 Å². The summed E-state index contributed by atoms with van der Waals surface area (Å²) in [6, 6.07) is 0. The SMILES string of the molecule is CCCCCCCCC(CN1CCOCCOCCOCCOCCOCC1)OC. The van der Waals surface area contributed by atoms with Crippen molar-refractivity contribution in [2.45, 2.75) is 58.0 Å². The molecular weight excluding hydrogens is 386 g/mol. The van der Waals surface area contributed by atoms with Gasteiger partial charge in [0.25, 0.3) is 0 Å². The topological polar surface area (TPSA) is 58.6 Å². The first-order valence-electron chi connectivity index (χ1n) is 12.0. The molecule has 1 fully saturated rings. The molecule has 0 amide bonds. The van der Waals surface area contributed by atoms with E-state index >= 15 is 0 Å². The molecule has 30 heavy (non-hydrogen) atoms. The summed E-state index contributed by atoms with van der Waals surface area (Å²) in [5.74, 6) is 0. The lowest BCUT2D eigenvalue weighted by Crippen LogP contribution is -2.38. The van der Waals surface area contributed by atoms with Crippen molar-refractivity contribution in [3.63, 3.8) is 0 Å². The van der Waals surface area contributed by atoms with E-state index in [1.54, 1.807) is 0 Å². The monoisotopic (exact) mass is 433 g/mol. The van der Waals surface area contributed by atoms with Gasteiger partial charge in [-0.1, -0.05) is 45.4 Å². The molecule has 0 aromatic carbocycles. The first-order valence-corrected chi connectivity index (χ1v) is 12.0. The lowest BCUT2D eigenvalue weighted by Gasteiger charge is -2.27. The minimum atomic E-state index is 0.265. The first kappa shape index (κ1) is 27.8. The molecule has 7 nitrogen and oxygen atoms in total. The molecule has 0 aromatic heterocycles. The molecule has 1 aliphatic rings. The first-order chi connectivity index (χ1) is 14.9. The van der Waals surface area contributed by atoms with Crippen LogP contribution in [0.4, 0.5) is 0 Å². The highest BCUT2D eigenvalue weighted by atomic mass is 16.6. The third kappa shape index (κ3) is 17.4. The fraction of sp³-hybridized carbons (Fsp3) is 1.00. The highest BCUT2D eigenvalue weighted by Crippen LogP contribution is 2.11. The van der Waals surface area contributed by atoms with Gasteiger partial charge in [-0.3, -0.25) is 4.90 Å². The molecule has 0 radical (unpaired) electrons. The molecule has 0 bridgehead atoms. The quantitative estimate of drug-likeness (QED) is 0.491. The lowest BCUT2D eigenvalue weighted by atomic mass is 10.1. The highest BCUT2D eigenvalue weighted by molar-refractivity contribution is 4.67. The number of ether oxygens (including phenoxy) is 6. The maximum atomic E-state index is 5.77. The number of methoxy groups -OCH3 is 1. The molecule has 1 rings (SSSR count). The summed E-state index contributed by atoms with van der Waals surface area (Å²) in [7, 11) is 1.83. The second-order valence-electron chi connectivity index (χ2n) is 7.78. The van der Waals surface area contributed by atoms with Crippen LogP contribution in [0.25, 0.3) is 0 Å². The molecule has 0 N–H and O–H groups in total. The van der Waals surface area contributed by atoms with Crippen LogP contribution in [0.5, 0.6) is 0 Å². The van der Waals surface area contributed by atoms with Crippen molar-refractivity contribution in [1.82, 2.24) is 4.90 Å². The molecule has 180 valence electrons. The van der Waals surface area contributed by atoms with Crippen LogP contribution in [0.15, 0.2) is 0 Å². The smallest absolute Gasteiger partial charge is 0.0701 e. The Hall–Kier alpha value is -0.280. The maximum Gasteiger partial charge on any atom is 0.0701 e.